The van der Waals surface area contributed by atoms with Crippen LogP contribution in [0.3, 0.4) is 0 Å². The van der Waals surface area contributed by atoms with Gasteiger partial charge >= 0.3 is 0 Å². The summed E-state index contributed by atoms with van der Waals surface area (Å²) in [6, 6.07) is 6.20. The molecule has 0 aliphatic heterocycles. The first kappa shape index (κ1) is 14.7. The molecule has 0 spiro atoms. The molecular formula is C15H20Cl2N2. The second-order valence-corrected chi connectivity index (χ2v) is 5.69. The van der Waals surface area contributed by atoms with Gasteiger partial charge in [0.05, 0.1) is 16.9 Å². The first-order chi connectivity index (χ1) is 9.12. The van der Waals surface area contributed by atoms with Crippen molar-refractivity contribution in [3.05, 3.63) is 29.0 Å². The summed E-state index contributed by atoms with van der Waals surface area (Å²) in [6.45, 7) is 6.71. The fourth-order valence-corrected chi connectivity index (χ4v) is 3.20. The molecule has 0 saturated heterocycles. The highest BCUT2D eigenvalue weighted by Gasteiger charge is 2.21. The molecule has 2 rings (SSSR count). The van der Waals surface area contributed by atoms with Gasteiger partial charge in [-0.15, -0.1) is 11.6 Å². The van der Waals surface area contributed by atoms with Crippen LogP contribution in [0, 0.1) is 5.92 Å². The summed E-state index contributed by atoms with van der Waals surface area (Å²) in [5.74, 6) is 1.98. The topological polar surface area (TPSA) is 17.8 Å². The Kier molecular flexibility index (Phi) is 4.75. The maximum Gasteiger partial charge on any atom is 0.125 e. The van der Waals surface area contributed by atoms with Gasteiger partial charge in [0.2, 0.25) is 0 Å². The molecule has 0 saturated carbocycles. The highest BCUT2D eigenvalue weighted by molar-refractivity contribution is 6.31. The van der Waals surface area contributed by atoms with Crippen LogP contribution in [0.4, 0.5) is 0 Å². The van der Waals surface area contributed by atoms with Crippen molar-refractivity contribution in [2.24, 2.45) is 5.92 Å². The van der Waals surface area contributed by atoms with Gasteiger partial charge in [-0.05, 0) is 31.0 Å². The number of aromatic nitrogens is 2. The minimum Gasteiger partial charge on any atom is -0.324 e. The number of rotatable bonds is 5. The van der Waals surface area contributed by atoms with Crippen molar-refractivity contribution in [1.82, 2.24) is 9.55 Å². The number of hydrogen-bond acceptors (Lipinski definition) is 1. The summed E-state index contributed by atoms with van der Waals surface area (Å²) in [5.41, 5.74) is 2.06. The maximum atomic E-state index is 6.12. The van der Waals surface area contributed by atoms with Crippen LogP contribution in [-0.4, -0.2) is 9.55 Å². The number of hydrogen-bond donors (Lipinski definition) is 0. The van der Waals surface area contributed by atoms with Crippen LogP contribution >= 0.6 is 23.2 Å². The monoisotopic (exact) mass is 298 g/mol. The van der Waals surface area contributed by atoms with Crippen LogP contribution in [0.25, 0.3) is 11.0 Å². The minimum absolute atomic E-state index is 0.382. The van der Waals surface area contributed by atoms with Gasteiger partial charge in [0.25, 0.3) is 0 Å². The number of fused-ring (bicyclic) bond motifs is 1. The Bertz CT molecular complexity index is 559. The molecule has 0 aliphatic carbocycles. The summed E-state index contributed by atoms with van der Waals surface area (Å²) in [4.78, 5) is 4.62. The molecule has 19 heavy (non-hydrogen) atoms. The SMILES string of the molecule is CCC(CC)C(C)n1c(CCl)nc2ccc(Cl)cc21. The smallest absolute Gasteiger partial charge is 0.125 e. The number of imidazole rings is 1. The van der Waals surface area contributed by atoms with Gasteiger partial charge in [-0.3, -0.25) is 0 Å². The third kappa shape index (κ3) is 2.75. The molecule has 1 heterocycles. The molecule has 0 radical (unpaired) electrons. The summed E-state index contributed by atoms with van der Waals surface area (Å²) in [5, 5.41) is 0.742. The van der Waals surface area contributed by atoms with E-state index in [1.807, 2.05) is 18.2 Å². The predicted octanol–water partition coefficient (Wildman–Crippen LogP) is 5.43. The second kappa shape index (κ2) is 6.15. The van der Waals surface area contributed by atoms with E-state index in [1.54, 1.807) is 0 Å². The molecule has 104 valence electrons. The Labute approximate surface area is 124 Å². The maximum absolute atomic E-state index is 6.12. The quantitative estimate of drug-likeness (QED) is 0.673. The van der Waals surface area contributed by atoms with Crippen LogP contribution in [0.5, 0.6) is 0 Å². The molecule has 0 fully saturated rings. The molecule has 1 atom stereocenters. The highest BCUT2D eigenvalue weighted by atomic mass is 35.5. The lowest BCUT2D eigenvalue weighted by Gasteiger charge is -2.25. The molecule has 0 bridgehead atoms. The number of benzene rings is 1. The Morgan fingerprint density at radius 3 is 2.53 bits per heavy atom. The highest BCUT2D eigenvalue weighted by Crippen LogP contribution is 2.31. The fourth-order valence-electron chi connectivity index (χ4n) is 2.85. The van der Waals surface area contributed by atoms with Crippen LogP contribution in [0.1, 0.15) is 45.5 Å². The zero-order valence-electron chi connectivity index (χ0n) is 11.7. The molecule has 0 amide bonds. The first-order valence-electron chi connectivity index (χ1n) is 6.84. The van der Waals surface area contributed by atoms with E-state index in [0.29, 0.717) is 17.8 Å². The van der Waals surface area contributed by atoms with E-state index < -0.39 is 0 Å². The molecule has 2 aromatic rings. The van der Waals surface area contributed by atoms with E-state index in [0.717, 1.165) is 34.7 Å². The van der Waals surface area contributed by atoms with Crippen molar-refractivity contribution in [2.45, 2.75) is 45.5 Å². The van der Waals surface area contributed by atoms with E-state index in [1.165, 1.54) is 0 Å². The summed E-state index contributed by atoms with van der Waals surface area (Å²) < 4.78 is 2.26. The Balaban J connectivity index is 2.59. The minimum atomic E-state index is 0.382. The molecule has 0 N–H and O–H groups in total. The molecule has 1 aromatic heterocycles. The fraction of sp³-hybridized carbons (Fsp3) is 0.533. The molecule has 4 heteroatoms. The van der Waals surface area contributed by atoms with E-state index in [2.05, 4.69) is 30.3 Å². The molecule has 1 aromatic carbocycles. The Morgan fingerprint density at radius 2 is 1.95 bits per heavy atom. The van der Waals surface area contributed by atoms with Gasteiger partial charge in [-0.25, -0.2) is 4.98 Å². The largest absolute Gasteiger partial charge is 0.324 e. The van der Waals surface area contributed by atoms with Gasteiger partial charge < -0.3 is 4.57 Å². The summed E-state index contributed by atoms with van der Waals surface area (Å²) in [6.07, 6.45) is 2.30. The normalized spacial score (nSPS) is 13.4. The van der Waals surface area contributed by atoms with Gasteiger partial charge in [0.1, 0.15) is 5.82 Å². The van der Waals surface area contributed by atoms with Crippen LogP contribution < -0.4 is 0 Å². The Morgan fingerprint density at radius 1 is 1.26 bits per heavy atom. The van der Waals surface area contributed by atoms with Crippen LogP contribution in [0.15, 0.2) is 18.2 Å². The lowest BCUT2D eigenvalue weighted by molar-refractivity contribution is 0.334. The van der Waals surface area contributed by atoms with Crippen molar-refractivity contribution < 1.29 is 0 Å². The second-order valence-electron chi connectivity index (χ2n) is 4.98. The van der Waals surface area contributed by atoms with Crippen molar-refractivity contribution in [3.8, 4) is 0 Å². The van der Waals surface area contributed by atoms with Crippen molar-refractivity contribution in [1.29, 1.82) is 0 Å². The first-order valence-corrected chi connectivity index (χ1v) is 7.75. The van der Waals surface area contributed by atoms with E-state index in [4.69, 9.17) is 23.2 Å². The van der Waals surface area contributed by atoms with Gasteiger partial charge in [-0.2, -0.15) is 0 Å². The number of halogens is 2. The number of nitrogens with zero attached hydrogens (tertiary/aromatic N) is 2. The van der Waals surface area contributed by atoms with Crippen LogP contribution in [-0.2, 0) is 5.88 Å². The van der Waals surface area contributed by atoms with Gasteiger partial charge in [0, 0.05) is 11.1 Å². The van der Waals surface area contributed by atoms with Crippen molar-refractivity contribution in [2.75, 3.05) is 0 Å². The van der Waals surface area contributed by atoms with Crippen LogP contribution in [0.2, 0.25) is 5.02 Å². The molecule has 2 nitrogen and oxygen atoms in total. The van der Waals surface area contributed by atoms with Gasteiger partial charge in [0.15, 0.2) is 0 Å². The molecule has 0 aliphatic rings. The standard InChI is InChI=1S/C15H20Cl2N2/c1-4-11(5-2)10(3)19-14-8-12(17)6-7-13(14)18-15(19)9-16/h6-8,10-11H,4-5,9H2,1-3H3. The van der Waals surface area contributed by atoms with Crippen molar-refractivity contribution in [3.63, 3.8) is 0 Å². The third-order valence-electron chi connectivity index (χ3n) is 3.98. The summed E-state index contributed by atoms with van der Waals surface area (Å²) in [7, 11) is 0. The predicted molar refractivity (Wildman–Crippen MR) is 83.1 cm³/mol. The zero-order chi connectivity index (χ0) is 14.0. The summed E-state index contributed by atoms with van der Waals surface area (Å²) >= 11 is 12.2. The lowest BCUT2D eigenvalue weighted by atomic mass is 9.95. The average molecular weight is 299 g/mol. The third-order valence-corrected chi connectivity index (χ3v) is 4.46. The van der Waals surface area contributed by atoms with E-state index >= 15 is 0 Å². The van der Waals surface area contributed by atoms with E-state index in [-0.39, 0.29) is 0 Å². The van der Waals surface area contributed by atoms with Gasteiger partial charge in [-0.1, -0.05) is 38.3 Å². The van der Waals surface area contributed by atoms with E-state index in [9.17, 15) is 0 Å². The molecular weight excluding hydrogens is 279 g/mol. The van der Waals surface area contributed by atoms with Crippen molar-refractivity contribution >= 4 is 34.2 Å². The average Bonchev–Trinajstić information content (AvgIpc) is 2.77. The zero-order valence-corrected chi connectivity index (χ0v) is 13.2. The number of alkyl halides is 1. The molecule has 1 unspecified atom stereocenters. The lowest BCUT2D eigenvalue weighted by Crippen LogP contribution is -2.17. The Hall–Kier alpha value is -0.730.